The summed E-state index contributed by atoms with van der Waals surface area (Å²) in [5.41, 5.74) is 2.52. The fraction of sp³-hybridized carbons (Fsp3) is 0.571. The van der Waals surface area contributed by atoms with Crippen LogP contribution in [0.3, 0.4) is 0 Å². The molecule has 0 radical (unpaired) electrons. The van der Waals surface area contributed by atoms with E-state index in [-0.39, 0.29) is 10.8 Å². The molecule has 0 unspecified atom stereocenters. The van der Waals surface area contributed by atoms with E-state index in [1.165, 1.54) is 5.56 Å². The van der Waals surface area contributed by atoms with Crippen molar-refractivity contribution in [3.05, 3.63) is 22.8 Å². The first kappa shape index (κ1) is 12.5. The minimum atomic E-state index is 0.104. The van der Waals surface area contributed by atoms with E-state index in [0.29, 0.717) is 0 Å². The van der Waals surface area contributed by atoms with Gasteiger partial charge in [-0.1, -0.05) is 52.9 Å². The van der Waals surface area contributed by atoms with Crippen LogP contribution in [0.4, 0.5) is 0 Å². The molecular formula is C14H20N2S. The van der Waals surface area contributed by atoms with Crippen LogP contribution in [-0.4, -0.2) is 9.97 Å². The highest BCUT2D eigenvalue weighted by atomic mass is 32.1. The summed E-state index contributed by atoms with van der Waals surface area (Å²) in [5, 5.41) is 1.16. The van der Waals surface area contributed by atoms with E-state index in [1.54, 1.807) is 11.3 Å². The minimum absolute atomic E-state index is 0.104. The lowest BCUT2D eigenvalue weighted by Crippen LogP contribution is -2.11. The van der Waals surface area contributed by atoms with Crippen molar-refractivity contribution < 1.29 is 0 Å². The summed E-state index contributed by atoms with van der Waals surface area (Å²) in [7, 11) is 0. The molecule has 2 heterocycles. The van der Waals surface area contributed by atoms with Crippen molar-refractivity contribution in [1.82, 2.24) is 9.97 Å². The summed E-state index contributed by atoms with van der Waals surface area (Å²) in [6.07, 6.45) is 1.98. The van der Waals surface area contributed by atoms with Crippen molar-refractivity contribution in [1.29, 1.82) is 0 Å². The molecule has 0 aliphatic heterocycles. The second kappa shape index (κ2) is 3.77. The van der Waals surface area contributed by atoms with Gasteiger partial charge in [-0.2, -0.15) is 0 Å². The van der Waals surface area contributed by atoms with Gasteiger partial charge < -0.3 is 0 Å². The Labute approximate surface area is 107 Å². The van der Waals surface area contributed by atoms with Crippen LogP contribution in [0.15, 0.2) is 12.3 Å². The number of hydrogen-bond donors (Lipinski definition) is 0. The van der Waals surface area contributed by atoms with Gasteiger partial charge in [0.15, 0.2) is 0 Å². The molecule has 2 aromatic rings. The highest BCUT2D eigenvalue weighted by molar-refractivity contribution is 7.18. The molecule has 17 heavy (non-hydrogen) atoms. The molecular weight excluding hydrogens is 228 g/mol. The predicted molar refractivity (Wildman–Crippen MR) is 74.8 cm³/mol. The summed E-state index contributed by atoms with van der Waals surface area (Å²) in [4.78, 5) is 10.3. The van der Waals surface area contributed by atoms with E-state index in [2.05, 4.69) is 52.6 Å². The van der Waals surface area contributed by atoms with Gasteiger partial charge in [0.25, 0.3) is 0 Å². The fourth-order valence-electron chi connectivity index (χ4n) is 1.55. The zero-order valence-corrected chi connectivity index (χ0v) is 12.3. The van der Waals surface area contributed by atoms with Gasteiger partial charge in [0.1, 0.15) is 15.4 Å². The van der Waals surface area contributed by atoms with Gasteiger partial charge in [0.2, 0.25) is 0 Å². The maximum absolute atomic E-state index is 4.71. The van der Waals surface area contributed by atoms with Gasteiger partial charge in [-0.05, 0) is 17.0 Å². The van der Waals surface area contributed by atoms with Crippen LogP contribution in [0.2, 0.25) is 0 Å². The first-order chi connectivity index (χ1) is 7.68. The zero-order valence-electron chi connectivity index (χ0n) is 11.5. The van der Waals surface area contributed by atoms with Gasteiger partial charge in [-0.3, -0.25) is 0 Å². The van der Waals surface area contributed by atoms with Crippen LogP contribution in [-0.2, 0) is 10.8 Å². The zero-order chi connectivity index (χ0) is 12.8. The van der Waals surface area contributed by atoms with E-state index < -0.39 is 0 Å². The summed E-state index contributed by atoms with van der Waals surface area (Å²) < 4.78 is 0. The maximum atomic E-state index is 4.71. The third-order valence-electron chi connectivity index (χ3n) is 2.76. The van der Waals surface area contributed by atoms with Crippen molar-refractivity contribution in [2.24, 2.45) is 0 Å². The SMILES string of the molecule is CC(C)(C)c1cnc2sc(C(C)(C)C)nc2c1. The quantitative estimate of drug-likeness (QED) is 0.695. The van der Waals surface area contributed by atoms with Crippen LogP contribution in [0.25, 0.3) is 10.3 Å². The molecule has 0 spiro atoms. The van der Waals surface area contributed by atoms with Crippen LogP contribution < -0.4 is 0 Å². The number of thiazole rings is 1. The van der Waals surface area contributed by atoms with Crippen molar-refractivity contribution in [3.63, 3.8) is 0 Å². The van der Waals surface area contributed by atoms with Crippen molar-refractivity contribution in [2.45, 2.75) is 52.4 Å². The van der Waals surface area contributed by atoms with E-state index in [1.807, 2.05) is 6.20 Å². The normalized spacial score (nSPS) is 13.3. The van der Waals surface area contributed by atoms with E-state index >= 15 is 0 Å². The lowest BCUT2D eigenvalue weighted by molar-refractivity contribution is 0.585. The number of rotatable bonds is 0. The fourth-order valence-corrected chi connectivity index (χ4v) is 2.50. The van der Waals surface area contributed by atoms with Crippen LogP contribution in [0.5, 0.6) is 0 Å². The first-order valence-electron chi connectivity index (χ1n) is 5.95. The van der Waals surface area contributed by atoms with Crippen LogP contribution in [0.1, 0.15) is 52.1 Å². The number of hydrogen-bond acceptors (Lipinski definition) is 3. The average Bonchev–Trinajstić information content (AvgIpc) is 2.57. The van der Waals surface area contributed by atoms with Crippen LogP contribution in [0, 0.1) is 0 Å². The van der Waals surface area contributed by atoms with Crippen molar-refractivity contribution >= 4 is 21.7 Å². The standard InChI is InChI=1S/C14H20N2S/c1-13(2,3)9-7-10-11(15-8-9)17-12(16-10)14(4,5)6/h7-8H,1-6H3. The molecule has 0 amide bonds. The molecule has 2 aromatic heterocycles. The molecule has 0 saturated heterocycles. The molecule has 2 rings (SSSR count). The Morgan fingerprint density at radius 3 is 2.18 bits per heavy atom. The Hall–Kier alpha value is -0.960. The Morgan fingerprint density at radius 2 is 1.65 bits per heavy atom. The van der Waals surface area contributed by atoms with E-state index in [4.69, 9.17) is 4.98 Å². The minimum Gasteiger partial charge on any atom is -0.243 e. The molecule has 0 aliphatic rings. The molecule has 92 valence electrons. The largest absolute Gasteiger partial charge is 0.243 e. The van der Waals surface area contributed by atoms with Gasteiger partial charge in [0.05, 0.1) is 0 Å². The third-order valence-corrected chi connectivity index (χ3v) is 4.16. The Bertz CT molecular complexity index is 529. The molecule has 0 aromatic carbocycles. The monoisotopic (exact) mass is 248 g/mol. The summed E-state index contributed by atoms with van der Waals surface area (Å²) in [5.74, 6) is 0. The molecule has 2 nitrogen and oxygen atoms in total. The second-order valence-corrected chi connectivity index (χ2v) is 7.54. The second-order valence-electron chi connectivity index (χ2n) is 6.57. The molecule has 3 heteroatoms. The molecule has 0 fully saturated rings. The highest BCUT2D eigenvalue weighted by Crippen LogP contribution is 2.32. The van der Waals surface area contributed by atoms with E-state index in [9.17, 15) is 0 Å². The Balaban J connectivity index is 2.56. The highest BCUT2D eigenvalue weighted by Gasteiger charge is 2.21. The maximum Gasteiger partial charge on any atom is 0.143 e. The number of nitrogens with zero attached hydrogens (tertiary/aromatic N) is 2. The van der Waals surface area contributed by atoms with Gasteiger partial charge >= 0.3 is 0 Å². The predicted octanol–water partition coefficient (Wildman–Crippen LogP) is 4.29. The van der Waals surface area contributed by atoms with Crippen molar-refractivity contribution in [2.75, 3.05) is 0 Å². The Morgan fingerprint density at radius 1 is 1.00 bits per heavy atom. The molecule has 0 aliphatic carbocycles. The van der Waals surface area contributed by atoms with Gasteiger partial charge in [-0.15, -0.1) is 0 Å². The van der Waals surface area contributed by atoms with Gasteiger partial charge in [0, 0.05) is 11.6 Å². The number of pyridine rings is 1. The Kier molecular flexibility index (Phi) is 2.77. The summed E-state index contributed by atoms with van der Waals surface area (Å²) in [6.45, 7) is 13.2. The smallest absolute Gasteiger partial charge is 0.143 e. The summed E-state index contributed by atoms with van der Waals surface area (Å²) >= 11 is 1.70. The molecule has 0 bridgehead atoms. The van der Waals surface area contributed by atoms with Crippen molar-refractivity contribution in [3.8, 4) is 0 Å². The van der Waals surface area contributed by atoms with Crippen LogP contribution >= 0.6 is 11.3 Å². The number of fused-ring (bicyclic) bond motifs is 1. The molecule has 0 N–H and O–H groups in total. The summed E-state index contributed by atoms with van der Waals surface area (Å²) in [6, 6.07) is 2.17. The lowest BCUT2D eigenvalue weighted by Gasteiger charge is -2.17. The molecule has 0 atom stereocenters. The average molecular weight is 248 g/mol. The third kappa shape index (κ3) is 2.49. The topological polar surface area (TPSA) is 25.8 Å². The molecule has 0 saturated carbocycles. The van der Waals surface area contributed by atoms with E-state index in [0.717, 1.165) is 15.4 Å². The lowest BCUT2D eigenvalue weighted by atomic mass is 9.88. The van der Waals surface area contributed by atoms with Gasteiger partial charge in [-0.25, -0.2) is 9.97 Å². The first-order valence-corrected chi connectivity index (χ1v) is 6.77. The number of aromatic nitrogens is 2.